The van der Waals surface area contributed by atoms with Gasteiger partial charge < -0.3 is 11.1 Å². The highest BCUT2D eigenvalue weighted by atomic mass is 14.9. The number of anilines is 2. The Hall–Kier alpha value is -2.40. The van der Waals surface area contributed by atoms with Crippen molar-refractivity contribution in [3.05, 3.63) is 60.2 Å². The van der Waals surface area contributed by atoms with Gasteiger partial charge >= 0.3 is 0 Å². The summed E-state index contributed by atoms with van der Waals surface area (Å²) in [6.07, 6.45) is 0.822. The number of nitrogens with two attached hydrogens (primary N) is 1. The van der Waals surface area contributed by atoms with E-state index in [0.717, 1.165) is 23.4 Å². The van der Waals surface area contributed by atoms with Gasteiger partial charge in [0.1, 0.15) is 0 Å². The van der Waals surface area contributed by atoms with Gasteiger partial charge in [0.05, 0.1) is 11.4 Å². The molecule has 0 aromatic heterocycles. The lowest BCUT2D eigenvalue weighted by atomic mass is 9.82. The summed E-state index contributed by atoms with van der Waals surface area (Å²) >= 11 is 0. The van der Waals surface area contributed by atoms with E-state index in [1.165, 1.54) is 0 Å². The molecule has 0 bridgehead atoms. The zero-order valence-electron chi connectivity index (χ0n) is 13.6. The highest BCUT2D eigenvalue weighted by Gasteiger charge is 2.25. The van der Waals surface area contributed by atoms with Crippen LogP contribution in [0.2, 0.25) is 0 Å². The Morgan fingerprint density at radius 1 is 1.05 bits per heavy atom. The van der Waals surface area contributed by atoms with Crippen LogP contribution in [0.5, 0.6) is 0 Å². The van der Waals surface area contributed by atoms with E-state index in [1.54, 1.807) is 0 Å². The van der Waals surface area contributed by atoms with Crippen LogP contribution in [0.4, 0.5) is 11.4 Å². The molecule has 0 heterocycles. The Labute approximate surface area is 133 Å². The normalized spacial score (nSPS) is 12.1. The highest BCUT2D eigenvalue weighted by Crippen LogP contribution is 2.29. The van der Waals surface area contributed by atoms with Crippen molar-refractivity contribution in [3.63, 3.8) is 0 Å². The van der Waals surface area contributed by atoms with Gasteiger partial charge in [0.15, 0.2) is 0 Å². The van der Waals surface area contributed by atoms with Crippen molar-refractivity contribution >= 4 is 11.4 Å². The van der Waals surface area contributed by atoms with Gasteiger partial charge in [-0.3, -0.25) is 0 Å². The maximum absolute atomic E-state index is 6.00. The van der Waals surface area contributed by atoms with E-state index in [1.807, 2.05) is 54.6 Å². The van der Waals surface area contributed by atoms with Gasteiger partial charge in [0.25, 0.3) is 0 Å². The average molecular weight is 292 g/mol. The summed E-state index contributed by atoms with van der Waals surface area (Å²) in [5.74, 6) is 6.53. The molecule has 1 unspecified atom stereocenters. The monoisotopic (exact) mass is 292 g/mol. The first-order chi connectivity index (χ1) is 10.5. The minimum absolute atomic E-state index is 0.0457. The third kappa shape index (κ3) is 4.30. The van der Waals surface area contributed by atoms with Crippen LogP contribution in [0.25, 0.3) is 0 Å². The van der Waals surface area contributed by atoms with Gasteiger partial charge in [-0.15, -0.1) is 0 Å². The van der Waals surface area contributed by atoms with E-state index in [0.29, 0.717) is 0 Å². The lowest BCUT2D eigenvalue weighted by molar-refractivity contribution is 0.328. The fourth-order valence-electron chi connectivity index (χ4n) is 2.11. The molecule has 0 spiro atoms. The Kier molecular flexibility index (Phi) is 5.12. The molecule has 0 radical (unpaired) electrons. The van der Waals surface area contributed by atoms with Crippen molar-refractivity contribution in [3.8, 4) is 11.8 Å². The highest BCUT2D eigenvalue weighted by molar-refractivity contribution is 5.66. The molecule has 0 fully saturated rings. The number of benzene rings is 2. The summed E-state index contributed by atoms with van der Waals surface area (Å²) in [7, 11) is 0. The second-order valence-corrected chi connectivity index (χ2v) is 6.29. The average Bonchev–Trinajstić information content (AvgIpc) is 2.50. The smallest absolute Gasteiger partial charge is 0.0576 e. The quantitative estimate of drug-likeness (QED) is 0.641. The van der Waals surface area contributed by atoms with E-state index in [-0.39, 0.29) is 11.5 Å². The van der Waals surface area contributed by atoms with Crippen LogP contribution in [-0.2, 0) is 0 Å². The Bertz CT molecular complexity index is 663. The number of para-hydroxylation sites is 2. The van der Waals surface area contributed by atoms with E-state index in [2.05, 4.69) is 37.9 Å². The van der Waals surface area contributed by atoms with Gasteiger partial charge in [-0.25, -0.2) is 0 Å². The molecule has 0 aliphatic rings. The van der Waals surface area contributed by atoms with Gasteiger partial charge in [-0.1, -0.05) is 56.0 Å². The zero-order chi connectivity index (χ0) is 16.0. The summed E-state index contributed by atoms with van der Waals surface area (Å²) in [5.41, 5.74) is 8.87. The second-order valence-electron chi connectivity index (χ2n) is 6.29. The van der Waals surface area contributed by atoms with Crippen LogP contribution in [0.15, 0.2) is 54.6 Å². The van der Waals surface area contributed by atoms with E-state index < -0.39 is 0 Å². The molecule has 0 saturated carbocycles. The fraction of sp³-hybridized carbons (Fsp3) is 0.300. The molecule has 114 valence electrons. The Morgan fingerprint density at radius 3 is 2.36 bits per heavy atom. The third-order valence-corrected chi connectivity index (χ3v) is 4.06. The van der Waals surface area contributed by atoms with Crippen LogP contribution in [-0.4, -0.2) is 6.04 Å². The maximum atomic E-state index is 6.00. The molecule has 22 heavy (non-hydrogen) atoms. The molecular formula is C20H24N2. The zero-order valence-corrected chi connectivity index (χ0v) is 13.6. The molecule has 3 N–H and O–H groups in total. The van der Waals surface area contributed by atoms with Crippen molar-refractivity contribution in [1.29, 1.82) is 0 Å². The second kappa shape index (κ2) is 7.04. The summed E-state index contributed by atoms with van der Waals surface area (Å²) in [6.45, 7) is 6.63. The molecule has 2 aromatic carbocycles. The summed E-state index contributed by atoms with van der Waals surface area (Å²) in [6, 6.07) is 18.2. The SMILES string of the molecule is CC(Nc1ccccc1N)C(C)(C)CC#Cc1ccccc1. The maximum Gasteiger partial charge on any atom is 0.0576 e. The topological polar surface area (TPSA) is 38.0 Å². The molecule has 2 nitrogen and oxygen atoms in total. The van der Waals surface area contributed by atoms with E-state index in [9.17, 15) is 0 Å². The summed E-state index contributed by atoms with van der Waals surface area (Å²) < 4.78 is 0. The molecular weight excluding hydrogens is 268 g/mol. The van der Waals surface area contributed by atoms with Crippen LogP contribution in [0, 0.1) is 17.3 Å². The number of nitrogens with one attached hydrogen (secondary N) is 1. The number of nitrogen functional groups attached to an aromatic ring is 1. The van der Waals surface area contributed by atoms with E-state index in [4.69, 9.17) is 5.73 Å². The Balaban J connectivity index is 2.00. The van der Waals surface area contributed by atoms with E-state index >= 15 is 0 Å². The van der Waals surface area contributed by atoms with Crippen LogP contribution in [0.3, 0.4) is 0 Å². The molecule has 2 aromatic rings. The molecule has 0 aliphatic carbocycles. The summed E-state index contributed by atoms with van der Waals surface area (Å²) in [5, 5.41) is 3.51. The predicted octanol–water partition coefficient (Wildman–Crippen LogP) is 4.54. The van der Waals surface area contributed by atoms with Crippen molar-refractivity contribution in [2.24, 2.45) is 5.41 Å². The predicted molar refractivity (Wildman–Crippen MR) is 95.7 cm³/mol. The number of hydrogen-bond donors (Lipinski definition) is 2. The van der Waals surface area contributed by atoms with Gasteiger partial charge in [0, 0.05) is 18.0 Å². The first kappa shape index (κ1) is 16.0. The number of hydrogen-bond acceptors (Lipinski definition) is 2. The molecule has 2 heteroatoms. The first-order valence-electron chi connectivity index (χ1n) is 7.64. The standard InChI is InChI=1S/C20H24N2/c1-16(22-19-14-8-7-13-18(19)21)20(2,3)15-9-12-17-10-5-4-6-11-17/h4-8,10-11,13-14,16,22H,15,21H2,1-3H3. The largest absolute Gasteiger partial charge is 0.397 e. The number of rotatable bonds is 4. The molecule has 0 amide bonds. The van der Waals surface area contributed by atoms with Crippen LogP contribution >= 0.6 is 0 Å². The molecule has 2 rings (SSSR count). The fourth-order valence-corrected chi connectivity index (χ4v) is 2.11. The summed E-state index contributed by atoms with van der Waals surface area (Å²) in [4.78, 5) is 0. The minimum Gasteiger partial charge on any atom is -0.397 e. The first-order valence-corrected chi connectivity index (χ1v) is 7.64. The van der Waals surface area contributed by atoms with Gasteiger partial charge in [-0.05, 0) is 36.6 Å². The lowest BCUT2D eigenvalue weighted by Gasteiger charge is -2.32. The third-order valence-electron chi connectivity index (χ3n) is 4.06. The van der Waals surface area contributed by atoms with Crippen molar-refractivity contribution < 1.29 is 0 Å². The Morgan fingerprint density at radius 2 is 1.68 bits per heavy atom. The van der Waals surface area contributed by atoms with Crippen molar-refractivity contribution in [2.45, 2.75) is 33.2 Å². The molecule has 1 atom stereocenters. The molecule has 0 saturated heterocycles. The van der Waals surface area contributed by atoms with Crippen molar-refractivity contribution in [2.75, 3.05) is 11.1 Å². The van der Waals surface area contributed by atoms with Crippen molar-refractivity contribution in [1.82, 2.24) is 0 Å². The minimum atomic E-state index is 0.0457. The van der Waals surface area contributed by atoms with Gasteiger partial charge in [-0.2, -0.15) is 0 Å². The van der Waals surface area contributed by atoms with Gasteiger partial charge in [0.2, 0.25) is 0 Å². The molecule has 0 aliphatic heterocycles. The lowest BCUT2D eigenvalue weighted by Crippen LogP contribution is -2.33. The van der Waals surface area contributed by atoms with Crippen LogP contribution in [0.1, 0.15) is 32.8 Å². The van der Waals surface area contributed by atoms with Crippen LogP contribution < -0.4 is 11.1 Å².